The van der Waals surface area contributed by atoms with E-state index in [0.717, 1.165) is 19.3 Å². The molecule has 4 heteroatoms. The molecule has 0 unspecified atom stereocenters. The summed E-state index contributed by atoms with van der Waals surface area (Å²) in [6.07, 6.45) is 3.66. The molecule has 0 radical (unpaired) electrons. The highest BCUT2D eigenvalue weighted by molar-refractivity contribution is 5.80. The average Bonchev–Trinajstić information content (AvgIpc) is 2.18. The molecule has 4 nitrogen and oxygen atoms in total. The van der Waals surface area contributed by atoms with Crippen LogP contribution in [0.25, 0.3) is 0 Å². The Morgan fingerprint density at radius 2 is 1.93 bits per heavy atom. The van der Waals surface area contributed by atoms with Gasteiger partial charge in [0.25, 0.3) is 0 Å². The number of rotatable bonds is 8. The number of nitrogens with two attached hydrogens (primary N) is 1. The molecule has 0 aliphatic carbocycles. The summed E-state index contributed by atoms with van der Waals surface area (Å²) in [5.74, 6) is -0.297. The van der Waals surface area contributed by atoms with Crippen LogP contribution >= 0.6 is 0 Å². The Balaban J connectivity index is 3.31. The zero-order valence-electron chi connectivity index (χ0n) is 8.75. The molecule has 0 aromatic heterocycles. The Morgan fingerprint density at radius 3 is 2.50 bits per heavy atom. The third-order valence-electron chi connectivity index (χ3n) is 1.86. The SMILES string of the molecule is CCCCCC(=O)OCCC(=O)CN. The van der Waals surface area contributed by atoms with Gasteiger partial charge in [-0.05, 0) is 6.42 Å². The summed E-state index contributed by atoms with van der Waals surface area (Å²) in [4.78, 5) is 21.8. The topological polar surface area (TPSA) is 69.4 Å². The Morgan fingerprint density at radius 1 is 1.21 bits per heavy atom. The quantitative estimate of drug-likeness (QED) is 0.470. The van der Waals surface area contributed by atoms with Crippen molar-refractivity contribution >= 4 is 11.8 Å². The van der Waals surface area contributed by atoms with E-state index in [2.05, 4.69) is 6.92 Å². The highest BCUT2D eigenvalue weighted by atomic mass is 16.5. The molecular weight excluding hydrogens is 182 g/mol. The van der Waals surface area contributed by atoms with Gasteiger partial charge >= 0.3 is 5.97 Å². The fraction of sp³-hybridized carbons (Fsp3) is 0.800. The van der Waals surface area contributed by atoms with Crippen LogP contribution in [0.3, 0.4) is 0 Å². The van der Waals surface area contributed by atoms with E-state index < -0.39 is 0 Å². The second-order valence-corrected chi connectivity index (χ2v) is 3.17. The van der Waals surface area contributed by atoms with Gasteiger partial charge in [0, 0.05) is 12.8 Å². The van der Waals surface area contributed by atoms with Crippen LogP contribution in [0.4, 0.5) is 0 Å². The highest BCUT2D eigenvalue weighted by Gasteiger charge is 2.03. The van der Waals surface area contributed by atoms with Gasteiger partial charge < -0.3 is 10.5 Å². The smallest absolute Gasteiger partial charge is 0.305 e. The summed E-state index contributed by atoms with van der Waals surface area (Å²) in [5.41, 5.74) is 5.10. The van der Waals surface area contributed by atoms with Gasteiger partial charge in [0.15, 0.2) is 0 Å². The van der Waals surface area contributed by atoms with Crippen LogP contribution in [0.15, 0.2) is 0 Å². The van der Waals surface area contributed by atoms with Gasteiger partial charge in [0.05, 0.1) is 13.2 Å². The van der Waals surface area contributed by atoms with E-state index in [1.54, 1.807) is 0 Å². The molecule has 0 aromatic carbocycles. The first-order chi connectivity index (χ1) is 6.70. The van der Waals surface area contributed by atoms with Gasteiger partial charge in [0.1, 0.15) is 5.78 Å². The molecule has 0 saturated carbocycles. The molecule has 0 rings (SSSR count). The van der Waals surface area contributed by atoms with Crippen LogP contribution in [0.2, 0.25) is 0 Å². The molecular formula is C10H19NO3. The Bertz CT molecular complexity index is 180. The number of unbranched alkanes of at least 4 members (excludes halogenated alkanes) is 2. The second-order valence-electron chi connectivity index (χ2n) is 3.17. The van der Waals surface area contributed by atoms with Crippen molar-refractivity contribution < 1.29 is 14.3 Å². The van der Waals surface area contributed by atoms with Crippen LogP contribution in [0.1, 0.15) is 39.0 Å². The largest absolute Gasteiger partial charge is 0.465 e. The summed E-state index contributed by atoms with van der Waals surface area (Å²) in [6, 6.07) is 0. The number of carbonyl (C=O) groups is 2. The summed E-state index contributed by atoms with van der Waals surface area (Å²) < 4.78 is 4.85. The first kappa shape index (κ1) is 13.1. The summed E-state index contributed by atoms with van der Waals surface area (Å²) in [5, 5.41) is 0. The molecule has 2 N–H and O–H groups in total. The molecule has 0 fully saturated rings. The van der Waals surface area contributed by atoms with Gasteiger partial charge in [-0.2, -0.15) is 0 Å². The van der Waals surface area contributed by atoms with Crippen molar-refractivity contribution in [2.45, 2.75) is 39.0 Å². The first-order valence-electron chi connectivity index (χ1n) is 5.08. The molecule has 0 spiro atoms. The lowest BCUT2D eigenvalue weighted by molar-refractivity contribution is -0.144. The van der Waals surface area contributed by atoms with Crippen LogP contribution in [0.5, 0.6) is 0 Å². The molecule has 0 atom stereocenters. The van der Waals surface area contributed by atoms with Crippen LogP contribution < -0.4 is 5.73 Å². The van der Waals surface area contributed by atoms with E-state index in [9.17, 15) is 9.59 Å². The minimum atomic E-state index is -0.219. The molecule has 0 aliphatic heterocycles. The molecule has 0 amide bonds. The van der Waals surface area contributed by atoms with Crippen LogP contribution in [-0.2, 0) is 14.3 Å². The van der Waals surface area contributed by atoms with E-state index in [1.807, 2.05) is 0 Å². The molecule has 14 heavy (non-hydrogen) atoms. The summed E-state index contributed by atoms with van der Waals surface area (Å²) in [7, 11) is 0. The lowest BCUT2D eigenvalue weighted by Crippen LogP contribution is -2.16. The predicted octanol–water partition coefficient (Wildman–Crippen LogP) is 1.03. The van der Waals surface area contributed by atoms with Gasteiger partial charge in [-0.1, -0.05) is 19.8 Å². The van der Waals surface area contributed by atoms with Crippen molar-refractivity contribution in [3.05, 3.63) is 0 Å². The molecule has 0 saturated heterocycles. The van der Waals surface area contributed by atoms with Crippen molar-refractivity contribution in [1.82, 2.24) is 0 Å². The number of hydrogen-bond acceptors (Lipinski definition) is 4. The number of Topliss-reactive ketones (excluding diaryl/α,β-unsaturated/α-hetero) is 1. The molecule has 0 aliphatic rings. The normalized spacial score (nSPS) is 9.86. The fourth-order valence-corrected chi connectivity index (χ4v) is 0.972. The Labute approximate surface area is 84.8 Å². The van der Waals surface area contributed by atoms with Crippen molar-refractivity contribution in [3.63, 3.8) is 0 Å². The van der Waals surface area contributed by atoms with E-state index >= 15 is 0 Å². The van der Waals surface area contributed by atoms with E-state index in [1.165, 1.54) is 0 Å². The van der Waals surface area contributed by atoms with Crippen molar-refractivity contribution in [3.8, 4) is 0 Å². The van der Waals surface area contributed by atoms with Crippen LogP contribution in [0, 0.1) is 0 Å². The lowest BCUT2D eigenvalue weighted by Gasteiger charge is -2.02. The minimum Gasteiger partial charge on any atom is -0.465 e. The number of hydrogen-bond donors (Lipinski definition) is 1. The van der Waals surface area contributed by atoms with Gasteiger partial charge in [-0.15, -0.1) is 0 Å². The van der Waals surface area contributed by atoms with Crippen molar-refractivity contribution in [2.75, 3.05) is 13.2 Å². The van der Waals surface area contributed by atoms with Gasteiger partial charge in [-0.3, -0.25) is 9.59 Å². The maximum Gasteiger partial charge on any atom is 0.305 e. The minimum absolute atomic E-state index is 0.0212. The fourth-order valence-electron chi connectivity index (χ4n) is 0.972. The molecule has 0 bridgehead atoms. The maximum absolute atomic E-state index is 11.0. The monoisotopic (exact) mass is 201 g/mol. The number of ether oxygens (including phenoxy) is 1. The summed E-state index contributed by atoms with van der Waals surface area (Å²) >= 11 is 0. The van der Waals surface area contributed by atoms with Gasteiger partial charge in [-0.25, -0.2) is 0 Å². The third-order valence-corrected chi connectivity index (χ3v) is 1.86. The number of carbonyl (C=O) groups excluding carboxylic acids is 2. The van der Waals surface area contributed by atoms with Crippen LogP contribution in [-0.4, -0.2) is 24.9 Å². The van der Waals surface area contributed by atoms with Gasteiger partial charge in [0.2, 0.25) is 0 Å². The zero-order chi connectivity index (χ0) is 10.8. The number of ketones is 1. The predicted molar refractivity (Wildman–Crippen MR) is 53.8 cm³/mol. The molecule has 82 valence electrons. The summed E-state index contributed by atoms with van der Waals surface area (Å²) in [6.45, 7) is 2.26. The zero-order valence-corrected chi connectivity index (χ0v) is 8.75. The maximum atomic E-state index is 11.0. The third kappa shape index (κ3) is 7.73. The average molecular weight is 201 g/mol. The Kier molecular flexibility index (Phi) is 8.13. The lowest BCUT2D eigenvalue weighted by atomic mass is 10.2. The van der Waals surface area contributed by atoms with E-state index in [0.29, 0.717) is 6.42 Å². The highest BCUT2D eigenvalue weighted by Crippen LogP contribution is 2.00. The molecule has 0 aromatic rings. The molecule has 0 heterocycles. The Hall–Kier alpha value is -0.900. The second kappa shape index (κ2) is 8.69. The first-order valence-corrected chi connectivity index (χ1v) is 5.08. The number of esters is 1. The van der Waals surface area contributed by atoms with Crippen molar-refractivity contribution in [1.29, 1.82) is 0 Å². The standard InChI is InChI=1S/C10H19NO3/c1-2-3-4-5-10(13)14-7-6-9(12)8-11/h2-8,11H2,1H3. The van der Waals surface area contributed by atoms with E-state index in [-0.39, 0.29) is 31.3 Å². The van der Waals surface area contributed by atoms with Crippen molar-refractivity contribution in [2.24, 2.45) is 5.73 Å². The van der Waals surface area contributed by atoms with E-state index in [4.69, 9.17) is 10.5 Å².